The summed E-state index contributed by atoms with van der Waals surface area (Å²) in [6, 6.07) is 9.12. The smallest absolute Gasteiger partial charge is 0.148 e. The van der Waals surface area contributed by atoms with Crippen molar-refractivity contribution in [3.63, 3.8) is 0 Å². The Morgan fingerprint density at radius 2 is 2.04 bits per heavy atom. The first-order valence-electron chi connectivity index (χ1n) is 7.14. The number of imidazole rings is 1. The van der Waals surface area contributed by atoms with Gasteiger partial charge in [-0.3, -0.25) is 14.5 Å². The predicted octanol–water partition coefficient (Wildman–Crippen LogP) is 3.83. The van der Waals surface area contributed by atoms with Crippen LogP contribution in [-0.4, -0.2) is 20.2 Å². The highest BCUT2D eigenvalue weighted by Gasteiger charge is 2.25. The number of rotatable bonds is 1. The molecule has 2 aromatic heterocycles. The lowest BCUT2D eigenvalue weighted by atomic mass is 10.0. The molecule has 0 radical (unpaired) electrons. The molecule has 0 saturated carbocycles. The highest BCUT2D eigenvalue weighted by atomic mass is 79.9. The molecule has 6 heteroatoms. The number of pyridine rings is 1. The number of aryl methyl sites for hydroxylation is 1. The number of halogens is 2. The van der Waals surface area contributed by atoms with Gasteiger partial charge in [-0.2, -0.15) is 0 Å². The second-order valence-electron chi connectivity index (χ2n) is 5.29. The highest BCUT2D eigenvalue weighted by Crippen LogP contribution is 2.31. The second kappa shape index (κ2) is 5.38. The number of hydrogen-bond acceptors (Lipinski definition) is 3. The van der Waals surface area contributed by atoms with Gasteiger partial charge in [0.25, 0.3) is 0 Å². The summed E-state index contributed by atoms with van der Waals surface area (Å²) in [4.78, 5) is 13.3. The summed E-state index contributed by atoms with van der Waals surface area (Å²) in [5, 5.41) is 0. The van der Waals surface area contributed by atoms with Crippen molar-refractivity contribution in [2.24, 2.45) is 4.99 Å². The van der Waals surface area contributed by atoms with Crippen LogP contribution in [0.1, 0.15) is 22.8 Å². The van der Waals surface area contributed by atoms with Crippen molar-refractivity contribution in [3.05, 3.63) is 75.8 Å². The Hall–Kier alpha value is -2.34. The lowest BCUT2D eigenvalue weighted by molar-refractivity contribution is 0.617. The Bertz CT molecular complexity index is 931. The first-order valence-corrected chi connectivity index (χ1v) is 7.94. The minimum Gasteiger partial charge on any atom is -0.299 e. The van der Waals surface area contributed by atoms with Crippen LogP contribution < -0.4 is 0 Å². The van der Waals surface area contributed by atoms with Crippen molar-refractivity contribution < 1.29 is 4.39 Å². The molecule has 0 amide bonds. The summed E-state index contributed by atoms with van der Waals surface area (Å²) in [7, 11) is 0. The summed E-state index contributed by atoms with van der Waals surface area (Å²) in [5.74, 6) is 0.448. The van der Waals surface area contributed by atoms with Crippen molar-refractivity contribution in [2.45, 2.75) is 13.5 Å². The van der Waals surface area contributed by atoms with Crippen molar-refractivity contribution in [1.82, 2.24) is 14.5 Å². The van der Waals surface area contributed by atoms with E-state index in [2.05, 4.69) is 30.9 Å². The first kappa shape index (κ1) is 14.3. The van der Waals surface area contributed by atoms with Gasteiger partial charge in [0, 0.05) is 18.1 Å². The molecule has 23 heavy (non-hydrogen) atoms. The highest BCUT2D eigenvalue weighted by molar-refractivity contribution is 9.10. The third kappa shape index (κ3) is 2.21. The fourth-order valence-electron chi connectivity index (χ4n) is 2.82. The minimum atomic E-state index is -0.340. The number of aromatic nitrogens is 3. The van der Waals surface area contributed by atoms with E-state index in [1.54, 1.807) is 18.5 Å². The maximum atomic E-state index is 14.9. The molecule has 1 aliphatic heterocycles. The van der Waals surface area contributed by atoms with Crippen molar-refractivity contribution >= 4 is 21.6 Å². The van der Waals surface area contributed by atoms with Crippen LogP contribution in [0.3, 0.4) is 0 Å². The SMILES string of the molecule is Cc1cnc2n1-c1ccc(Br)c(F)c1C(c1ccccn1)=NC2. The number of fused-ring (bicyclic) bond motifs is 3. The van der Waals surface area contributed by atoms with E-state index in [4.69, 9.17) is 0 Å². The normalized spacial score (nSPS) is 13.1. The molecule has 0 N–H and O–H groups in total. The van der Waals surface area contributed by atoms with E-state index < -0.39 is 0 Å². The number of aliphatic imine (C=N–C) groups is 1. The Balaban J connectivity index is 2.07. The molecule has 4 nitrogen and oxygen atoms in total. The number of nitrogens with zero attached hydrogens (tertiary/aromatic N) is 4. The summed E-state index contributed by atoms with van der Waals surface area (Å²) in [6.07, 6.45) is 3.46. The van der Waals surface area contributed by atoms with Crippen LogP contribution in [0.2, 0.25) is 0 Å². The van der Waals surface area contributed by atoms with Crippen molar-refractivity contribution in [3.8, 4) is 5.69 Å². The van der Waals surface area contributed by atoms with E-state index >= 15 is 0 Å². The van der Waals surface area contributed by atoms with E-state index in [0.29, 0.717) is 28.0 Å². The third-order valence-corrected chi connectivity index (χ3v) is 4.46. The fourth-order valence-corrected chi connectivity index (χ4v) is 3.15. The molecule has 0 unspecified atom stereocenters. The summed E-state index contributed by atoms with van der Waals surface area (Å²) < 4.78 is 17.3. The molecule has 0 spiro atoms. The van der Waals surface area contributed by atoms with Gasteiger partial charge in [0.05, 0.1) is 33.7 Å². The molecule has 3 aromatic rings. The maximum absolute atomic E-state index is 14.9. The van der Waals surface area contributed by atoms with E-state index in [0.717, 1.165) is 17.2 Å². The zero-order chi connectivity index (χ0) is 16.0. The van der Waals surface area contributed by atoms with Crippen LogP contribution in [-0.2, 0) is 6.54 Å². The van der Waals surface area contributed by atoms with Gasteiger partial charge in [-0.1, -0.05) is 6.07 Å². The van der Waals surface area contributed by atoms with Gasteiger partial charge in [-0.15, -0.1) is 0 Å². The molecule has 0 fully saturated rings. The van der Waals surface area contributed by atoms with Crippen molar-refractivity contribution in [1.29, 1.82) is 0 Å². The average molecular weight is 371 g/mol. The average Bonchev–Trinajstić information content (AvgIpc) is 2.84. The molecule has 3 heterocycles. The molecular formula is C17H12BrFN4. The summed E-state index contributed by atoms with van der Waals surface area (Å²) in [5.41, 5.74) is 3.31. The summed E-state index contributed by atoms with van der Waals surface area (Å²) in [6.45, 7) is 2.33. The van der Waals surface area contributed by atoms with Crippen LogP contribution in [0.25, 0.3) is 5.69 Å². The van der Waals surface area contributed by atoms with E-state index in [1.165, 1.54) is 0 Å². The second-order valence-corrected chi connectivity index (χ2v) is 6.14. The molecule has 0 bridgehead atoms. The van der Waals surface area contributed by atoms with Crippen LogP contribution in [0.4, 0.5) is 4.39 Å². The molecule has 4 rings (SSSR count). The van der Waals surface area contributed by atoms with Gasteiger partial charge in [-0.05, 0) is 47.1 Å². The van der Waals surface area contributed by atoms with Gasteiger partial charge < -0.3 is 0 Å². The van der Waals surface area contributed by atoms with Gasteiger partial charge in [0.1, 0.15) is 11.6 Å². The Kier molecular flexibility index (Phi) is 3.34. The minimum absolute atomic E-state index is 0.340. The van der Waals surface area contributed by atoms with Crippen LogP contribution in [0.15, 0.2) is 52.2 Å². The molecular weight excluding hydrogens is 359 g/mol. The van der Waals surface area contributed by atoms with E-state index in [9.17, 15) is 4.39 Å². The zero-order valence-corrected chi connectivity index (χ0v) is 13.9. The molecule has 114 valence electrons. The summed E-state index contributed by atoms with van der Waals surface area (Å²) >= 11 is 3.27. The molecule has 1 aromatic carbocycles. The topological polar surface area (TPSA) is 43.1 Å². The van der Waals surface area contributed by atoms with Crippen LogP contribution >= 0.6 is 15.9 Å². The standard InChI is InChI=1S/C17H12BrFN4/c1-10-8-21-14-9-22-17(12-4-2-3-7-20-12)15-13(23(10)14)6-5-11(18)16(15)19/h2-8H,9H2,1H3. The number of hydrogen-bond donors (Lipinski definition) is 0. The lowest BCUT2D eigenvalue weighted by Gasteiger charge is -2.14. The van der Waals surface area contributed by atoms with E-state index in [1.807, 2.05) is 35.8 Å². The monoisotopic (exact) mass is 370 g/mol. The van der Waals surface area contributed by atoms with Crippen LogP contribution in [0.5, 0.6) is 0 Å². The van der Waals surface area contributed by atoms with Crippen molar-refractivity contribution in [2.75, 3.05) is 0 Å². The van der Waals surface area contributed by atoms with Gasteiger partial charge in [0.15, 0.2) is 0 Å². The Morgan fingerprint density at radius 3 is 2.83 bits per heavy atom. The van der Waals surface area contributed by atoms with Gasteiger partial charge >= 0.3 is 0 Å². The fraction of sp³-hybridized carbons (Fsp3) is 0.118. The van der Waals surface area contributed by atoms with Crippen LogP contribution in [0, 0.1) is 12.7 Å². The molecule has 1 aliphatic rings. The third-order valence-electron chi connectivity index (χ3n) is 3.85. The van der Waals surface area contributed by atoms with E-state index in [-0.39, 0.29) is 5.82 Å². The largest absolute Gasteiger partial charge is 0.299 e. The quantitative estimate of drug-likeness (QED) is 0.653. The Morgan fingerprint density at radius 1 is 1.17 bits per heavy atom. The first-order chi connectivity index (χ1) is 11.2. The van der Waals surface area contributed by atoms with Gasteiger partial charge in [-0.25, -0.2) is 9.37 Å². The predicted molar refractivity (Wildman–Crippen MR) is 89.5 cm³/mol. The zero-order valence-electron chi connectivity index (χ0n) is 12.3. The number of benzene rings is 1. The lowest BCUT2D eigenvalue weighted by Crippen LogP contribution is -2.12. The molecule has 0 atom stereocenters. The Labute approximate surface area is 140 Å². The van der Waals surface area contributed by atoms with Gasteiger partial charge in [0.2, 0.25) is 0 Å². The molecule has 0 aliphatic carbocycles. The molecule has 0 saturated heterocycles. The maximum Gasteiger partial charge on any atom is 0.148 e.